The molecule has 2 saturated carbocycles. The molecular formula is C35H41F3N6O4. The summed E-state index contributed by atoms with van der Waals surface area (Å²) in [5, 5.41) is 8.43. The van der Waals surface area contributed by atoms with E-state index in [2.05, 4.69) is 21.8 Å². The van der Waals surface area contributed by atoms with Gasteiger partial charge in [0.15, 0.2) is 0 Å². The second-order valence-corrected chi connectivity index (χ2v) is 14.4. The molecule has 48 heavy (non-hydrogen) atoms. The van der Waals surface area contributed by atoms with Gasteiger partial charge in [-0.3, -0.25) is 14.6 Å². The van der Waals surface area contributed by atoms with E-state index >= 15 is 0 Å². The van der Waals surface area contributed by atoms with Crippen LogP contribution in [-0.4, -0.2) is 54.4 Å². The van der Waals surface area contributed by atoms with Crippen molar-refractivity contribution in [2.45, 2.75) is 103 Å². The Balaban J connectivity index is 1.40. The van der Waals surface area contributed by atoms with E-state index in [1.54, 1.807) is 46.2 Å². The highest BCUT2D eigenvalue weighted by molar-refractivity contribution is 6.10. The maximum absolute atomic E-state index is 14.7. The minimum Gasteiger partial charge on any atom is -0.478 e. The zero-order valence-electron chi connectivity index (χ0n) is 28.2. The SMILES string of the molecule is C=C1CC(c2cc(OCC)nc(N3Cc4c(cc(CN(C(=O)OC(C)(C)C)C5(C)CCC5)cc4C(F)(F)F)C3=O)c2)(c2nncn2C)C1. The van der Waals surface area contributed by atoms with Gasteiger partial charge in [-0.25, -0.2) is 4.79 Å². The fourth-order valence-electron chi connectivity index (χ4n) is 7.07. The van der Waals surface area contributed by atoms with Crippen LogP contribution >= 0.6 is 0 Å². The highest BCUT2D eigenvalue weighted by Gasteiger charge is 2.48. The molecule has 3 aliphatic rings. The Labute approximate surface area is 277 Å². The first kappa shape index (κ1) is 33.5. The molecular weight excluding hydrogens is 625 g/mol. The zero-order valence-corrected chi connectivity index (χ0v) is 28.2. The number of hydrogen-bond donors (Lipinski definition) is 0. The van der Waals surface area contributed by atoms with Crippen LogP contribution in [0.15, 0.2) is 42.7 Å². The number of aryl methyl sites for hydroxylation is 1. The molecule has 1 aliphatic heterocycles. The number of alkyl halides is 3. The highest BCUT2D eigenvalue weighted by Crippen LogP contribution is 2.52. The Hall–Kier alpha value is -4.42. The molecule has 13 heteroatoms. The lowest BCUT2D eigenvalue weighted by Crippen LogP contribution is -2.54. The number of rotatable bonds is 8. The minimum absolute atomic E-state index is 0.0760. The van der Waals surface area contributed by atoms with Crippen LogP contribution in [0.1, 0.15) is 105 Å². The fraction of sp³-hybridized carbons (Fsp3) is 0.514. The molecule has 0 N–H and O–H groups in total. The van der Waals surface area contributed by atoms with Crippen molar-refractivity contribution < 1.29 is 32.2 Å². The van der Waals surface area contributed by atoms with Crippen molar-refractivity contribution >= 4 is 17.8 Å². The molecule has 0 saturated heterocycles. The molecule has 1 aromatic carbocycles. The molecule has 0 atom stereocenters. The number of fused-ring (bicyclic) bond motifs is 1. The summed E-state index contributed by atoms with van der Waals surface area (Å²) in [4.78, 5) is 34.8. The maximum atomic E-state index is 14.7. The number of hydrogen-bond acceptors (Lipinski definition) is 7. The summed E-state index contributed by atoms with van der Waals surface area (Å²) < 4.78 is 57.3. The molecule has 3 heterocycles. The standard InChI is InChI=1S/C35H41F3N6O4/c1-8-47-28-15-23(34(16-21(2)17-34)30-41-39-20-42(30)7)14-27(40-28)43-19-25-24(29(43)45)12-22(13-26(25)35(36,37)38)18-44(33(6)10-9-11-33)31(46)48-32(3,4)5/h12-15,20H,2,8-11,16-19H2,1,3-7H3. The number of benzene rings is 1. The Morgan fingerprint density at radius 2 is 1.83 bits per heavy atom. The molecule has 2 aromatic heterocycles. The van der Waals surface area contributed by atoms with Gasteiger partial charge in [-0.15, -0.1) is 10.2 Å². The van der Waals surface area contributed by atoms with Gasteiger partial charge < -0.3 is 14.0 Å². The van der Waals surface area contributed by atoms with Gasteiger partial charge >= 0.3 is 12.3 Å². The summed E-state index contributed by atoms with van der Waals surface area (Å²) in [6.45, 7) is 12.9. The Morgan fingerprint density at radius 3 is 2.38 bits per heavy atom. The van der Waals surface area contributed by atoms with E-state index < -0.39 is 40.3 Å². The van der Waals surface area contributed by atoms with Crippen molar-refractivity contribution in [2.24, 2.45) is 7.05 Å². The predicted molar refractivity (Wildman–Crippen MR) is 172 cm³/mol. The normalized spacial score (nSPS) is 18.2. The zero-order chi connectivity index (χ0) is 34.8. The number of amides is 2. The average Bonchev–Trinajstić information content (AvgIpc) is 3.53. The third-order valence-corrected chi connectivity index (χ3v) is 9.60. The van der Waals surface area contributed by atoms with Gasteiger partial charge in [-0.1, -0.05) is 12.2 Å². The number of anilines is 1. The van der Waals surface area contributed by atoms with E-state index in [9.17, 15) is 22.8 Å². The molecule has 0 bridgehead atoms. The maximum Gasteiger partial charge on any atom is 0.416 e. The van der Waals surface area contributed by atoms with Gasteiger partial charge in [0.1, 0.15) is 23.6 Å². The fourth-order valence-corrected chi connectivity index (χ4v) is 7.07. The van der Waals surface area contributed by atoms with Gasteiger partial charge in [0.25, 0.3) is 5.91 Å². The van der Waals surface area contributed by atoms with Crippen LogP contribution in [0.4, 0.5) is 23.8 Å². The molecule has 6 rings (SSSR count). The molecule has 2 amide bonds. The number of halogens is 3. The summed E-state index contributed by atoms with van der Waals surface area (Å²) in [6.07, 6.45) is -0.298. The van der Waals surface area contributed by atoms with Crippen molar-refractivity contribution in [1.82, 2.24) is 24.6 Å². The van der Waals surface area contributed by atoms with Crippen LogP contribution < -0.4 is 9.64 Å². The summed E-state index contributed by atoms with van der Waals surface area (Å²) in [7, 11) is 1.84. The Morgan fingerprint density at radius 1 is 1.12 bits per heavy atom. The van der Waals surface area contributed by atoms with E-state index in [-0.39, 0.29) is 41.5 Å². The molecule has 2 fully saturated rings. The number of pyridine rings is 1. The van der Waals surface area contributed by atoms with Crippen molar-refractivity contribution in [3.8, 4) is 5.88 Å². The predicted octanol–water partition coefficient (Wildman–Crippen LogP) is 7.10. The van der Waals surface area contributed by atoms with E-state index in [4.69, 9.17) is 9.47 Å². The van der Waals surface area contributed by atoms with Crippen LogP contribution in [0, 0.1) is 0 Å². The Kier molecular flexibility index (Phi) is 8.11. The van der Waals surface area contributed by atoms with Crippen molar-refractivity contribution in [3.63, 3.8) is 0 Å². The summed E-state index contributed by atoms with van der Waals surface area (Å²) in [5.74, 6) is 0.493. The van der Waals surface area contributed by atoms with E-state index in [0.29, 0.717) is 38.1 Å². The smallest absolute Gasteiger partial charge is 0.416 e. The third-order valence-electron chi connectivity index (χ3n) is 9.60. The molecule has 3 aromatic rings. The van der Waals surface area contributed by atoms with Crippen LogP contribution in [0.2, 0.25) is 0 Å². The first-order chi connectivity index (χ1) is 22.4. The highest BCUT2D eigenvalue weighted by atomic mass is 19.4. The van der Waals surface area contributed by atoms with Gasteiger partial charge in [-0.2, -0.15) is 18.2 Å². The van der Waals surface area contributed by atoms with Crippen LogP contribution in [0.25, 0.3) is 0 Å². The van der Waals surface area contributed by atoms with Crippen molar-refractivity contribution in [2.75, 3.05) is 11.5 Å². The largest absolute Gasteiger partial charge is 0.478 e. The number of carbonyl (C=O) groups is 2. The van der Waals surface area contributed by atoms with E-state index in [0.717, 1.165) is 23.6 Å². The summed E-state index contributed by atoms with van der Waals surface area (Å²) in [6, 6.07) is 6.03. The van der Waals surface area contributed by atoms with E-state index in [1.165, 1.54) is 15.9 Å². The lowest BCUT2D eigenvalue weighted by atomic mass is 9.61. The Bertz CT molecular complexity index is 1780. The topological polar surface area (TPSA) is 103 Å². The minimum atomic E-state index is -4.75. The monoisotopic (exact) mass is 666 g/mol. The molecule has 0 spiro atoms. The van der Waals surface area contributed by atoms with Gasteiger partial charge in [0.05, 0.1) is 24.1 Å². The number of carbonyl (C=O) groups excluding carboxylic acids is 2. The molecule has 256 valence electrons. The lowest BCUT2D eigenvalue weighted by Gasteiger charge is -2.47. The summed E-state index contributed by atoms with van der Waals surface area (Å²) >= 11 is 0. The van der Waals surface area contributed by atoms with Gasteiger partial charge in [0, 0.05) is 30.8 Å². The molecule has 10 nitrogen and oxygen atoms in total. The number of nitrogens with zero attached hydrogens (tertiary/aromatic N) is 6. The third kappa shape index (κ3) is 5.92. The molecule has 2 aliphatic carbocycles. The van der Waals surface area contributed by atoms with Crippen molar-refractivity contribution in [3.05, 3.63) is 76.4 Å². The van der Waals surface area contributed by atoms with E-state index in [1.807, 2.05) is 18.5 Å². The second-order valence-electron chi connectivity index (χ2n) is 14.4. The van der Waals surface area contributed by atoms with Crippen molar-refractivity contribution in [1.29, 1.82) is 0 Å². The number of allylic oxidation sites excluding steroid dienone is 1. The summed E-state index contributed by atoms with van der Waals surface area (Å²) in [5.41, 5.74) is -1.15. The average molecular weight is 667 g/mol. The van der Waals surface area contributed by atoms with Crippen LogP contribution in [0.3, 0.4) is 0 Å². The second kappa shape index (κ2) is 11.6. The van der Waals surface area contributed by atoms with Gasteiger partial charge in [0.2, 0.25) is 5.88 Å². The molecule has 0 radical (unpaired) electrons. The first-order valence-corrected chi connectivity index (χ1v) is 16.2. The molecule has 0 unspecified atom stereocenters. The first-order valence-electron chi connectivity index (χ1n) is 16.2. The van der Waals surface area contributed by atoms with Crippen LogP contribution in [0.5, 0.6) is 5.88 Å². The quantitative estimate of drug-likeness (QED) is 0.236. The number of ether oxygens (including phenoxy) is 2. The lowest BCUT2D eigenvalue weighted by molar-refractivity contribution is -0.138. The number of aromatic nitrogens is 4. The van der Waals surface area contributed by atoms with Gasteiger partial charge in [-0.05, 0) is 102 Å². The van der Waals surface area contributed by atoms with Crippen LogP contribution in [-0.2, 0) is 36.5 Å².